The van der Waals surface area contributed by atoms with Gasteiger partial charge in [0.2, 0.25) is 0 Å². The van der Waals surface area contributed by atoms with Crippen LogP contribution in [0.1, 0.15) is 25.0 Å². The highest BCUT2D eigenvalue weighted by Gasteiger charge is 2.06. The fourth-order valence-electron chi connectivity index (χ4n) is 1.77. The largest absolute Gasteiger partial charge is 0.388 e. The summed E-state index contributed by atoms with van der Waals surface area (Å²) in [6, 6.07) is 14.2. The predicted molar refractivity (Wildman–Crippen MR) is 78.9 cm³/mol. The molecule has 0 fully saturated rings. The Morgan fingerprint density at radius 3 is 2.05 bits per heavy atom. The van der Waals surface area contributed by atoms with Crippen molar-refractivity contribution in [2.24, 2.45) is 0 Å². The minimum Gasteiger partial charge on any atom is -0.388 e. The number of benzene rings is 2. The summed E-state index contributed by atoms with van der Waals surface area (Å²) in [4.78, 5) is 12.1. The van der Waals surface area contributed by atoms with Crippen LogP contribution in [0.25, 0.3) is 0 Å². The second-order valence-electron chi connectivity index (χ2n) is 4.35. The van der Waals surface area contributed by atoms with Crippen LogP contribution >= 0.6 is 11.8 Å². The molecule has 0 aromatic heterocycles. The molecule has 1 atom stereocenters. The van der Waals surface area contributed by atoms with Crippen LogP contribution in [0, 0.1) is 10.1 Å². The number of non-ortho nitro benzene ring substituents is 1. The Balaban J connectivity index is 2.08. The zero-order chi connectivity index (χ0) is 14.5. The van der Waals surface area contributed by atoms with Gasteiger partial charge in [0.25, 0.3) is 5.69 Å². The summed E-state index contributed by atoms with van der Waals surface area (Å²) >= 11 is 1.53. The molecule has 2 aromatic rings. The van der Waals surface area contributed by atoms with Crippen LogP contribution in [-0.4, -0.2) is 10.0 Å². The third-order valence-corrected chi connectivity index (χ3v) is 3.95. The number of nitrogens with zero attached hydrogens (tertiary/aromatic N) is 1. The summed E-state index contributed by atoms with van der Waals surface area (Å²) in [7, 11) is 0. The summed E-state index contributed by atoms with van der Waals surface area (Å²) in [5.74, 6) is 0. The first-order valence-corrected chi connectivity index (χ1v) is 7.12. The van der Waals surface area contributed by atoms with Gasteiger partial charge in [-0.1, -0.05) is 30.8 Å². The Labute approximate surface area is 121 Å². The number of aliphatic hydroxyl groups excluding tert-OH is 1. The van der Waals surface area contributed by atoms with E-state index < -0.39 is 11.0 Å². The highest BCUT2D eigenvalue weighted by atomic mass is 32.2. The Hall–Kier alpha value is -1.85. The van der Waals surface area contributed by atoms with E-state index >= 15 is 0 Å². The van der Waals surface area contributed by atoms with Crippen molar-refractivity contribution >= 4 is 17.4 Å². The first-order valence-electron chi connectivity index (χ1n) is 6.30. The number of aliphatic hydroxyl groups is 1. The lowest BCUT2D eigenvalue weighted by atomic mass is 10.1. The third-order valence-electron chi connectivity index (χ3n) is 2.93. The third kappa shape index (κ3) is 3.59. The summed E-state index contributed by atoms with van der Waals surface area (Å²) in [5, 5.41) is 20.3. The predicted octanol–water partition coefficient (Wildman–Crippen LogP) is 4.19. The standard InChI is InChI=1S/C15H15NO3S/c1-2-15(17)11-3-7-13(8-4-11)20-14-9-5-12(6-10-14)16(18)19/h3-10,15,17H,2H2,1H3/t15-/m0/s1. The Morgan fingerprint density at radius 1 is 1.10 bits per heavy atom. The zero-order valence-corrected chi connectivity index (χ0v) is 11.8. The minimum atomic E-state index is -0.423. The molecule has 2 aromatic carbocycles. The van der Waals surface area contributed by atoms with Crippen LogP contribution in [0.2, 0.25) is 0 Å². The molecule has 4 nitrogen and oxygen atoms in total. The maximum absolute atomic E-state index is 10.6. The van der Waals surface area contributed by atoms with Crippen molar-refractivity contribution in [3.63, 3.8) is 0 Å². The van der Waals surface area contributed by atoms with Crippen molar-refractivity contribution in [1.82, 2.24) is 0 Å². The molecule has 0 amide bonds. The fourth-order valence-corrected chi connectivity index (χ4v) is 2.58. The molecular formula is C15H15NO3S. The summed E-state index contributed by atoms with van der Waals surface area (Å²) in [6.07, 6.45) is 0.267. The highest BCUT2D eigenvalue weighted by molar-refractivity contribution is 7.99. The number of hydrogen-bond acceptors (Lipinski definition) is 4. The molecule has 0 aliphatic rings. The molecule has 5 heteroatoms. The Morgan fingerprint density at radius 2 is 1.60 bits per heavy atom. The fraction of sp³-hybridized carbons (Fsp3) is 0.200. The molecule has 0 saturated heterocycles. The van der Waals surface area contributed by atoms with Crippen LogP contribution < -0.4 is 0 Å². The molecule has 0 aliphatic carbocycles. The van der Waals surface area contributed by atoms with E-state index in [0.717, 1.165) is 15.4 Å². The second-order valence-corrected chi connectivity index (χ2v) is 5.49. The van der Waals surface area contributed by atoms with E-state index in [1.54, 1.807) is 12.1 Å². The number of rotatable bonds is 5. The van der Waals surface area contributed by atoms with Crippen molar-refractivity contribution in [2.45, 2.75) is 29.2 Å². The van der Waals surface area contributed by atoms with E-state index in [-0.39, 0.29) is 5.69 Å². The summed E-state index contributed by atoms with van der Waals surface area (Å²) in [5.41, 5.74) is 0.997. The molecule has 0 radical (unpaired) electrons. The number of hydrogen-bond donors (Lipinski definition) is 1. The average Bonchev–Trinajstić information content (AvgIpc) is 2.48. The van der Waals surface area contributed by atoms with Gasteiger partial charge < -0.3 is 5.11 Å². The van der Waals surface area contributed by atoms with Crippen molar-refractivity contribution in [3.05, 3.63) is 64.2 Å². The smallest absolute Gasteiger partial charge is 0.269 e. The van der Waals surface area contributed by atoms with E-state index in [2.05, 4.69) is 0 Å². The minimum absolute atomic E-state index is 0.0933. The van der Waals surface area contributed by atoms with Crippen molar-refractivity contribution in [2.75, 3.05) is 0 Å². The van der Waals surface area contributed by atoms with Gasteiger partial charge in [-0.15, -0.1) is 0 Å². The van der Waals surface area contributed by atoms with Crippen LogP contribution in [0.15, 0.2) is 58.3 Å². The lowest BCUT2D eigenvalue weighted by molar-refractivity contribution is -0.384. The average molecular weight is 289 g/mol. The van der Waals surface area contributed by atoms with E-state index in [4.69, 9.17) is 0 Å². The second kappa shape index (κ2) is 6.54. The molecule has 0 spiro atoms. The van der Waals surface area contributed by atoms with E-state index in [9.17, 15) is 15.2 Å². The molecule has 104 valence electrons. The van der Waals surface area contributed by atoms with Gasteiger partial charge in [-0.25, -0.2) is 0 Å². The van der Waals surface area contributed by atoms with Gasteiger partial charge in [0.1, 0.15) is 0 Å². The van der Waals surface area contributed by atoms with Crippen LogP contribution in [0.3, 0.4) is 0 Å². The Kier molecular flexibility index (Phi) is 4.76. The number of nitro benzene ring substituents is 1. The van der Waals surface area contributed by atoms with Crippen molar-refractivity contribution in [1.29, 1.82) is 0 Å². The molecule has 0 bridgehead atoms. The summed E-state index contributed by atoms with van der Waals surface area (Å²) < 4.78 is 0. The monoisotopic (exact) mass is 289 g/mol. The van der Waals surface area contributed by atoms with Gasteiger partial charge in [-0.3, -0.25) is 10.1 Å². The zero-order valence-electron chi connectivity index (χ0n) is 11.0. The normalized spacial score (nSPS) is 12.1. The molecule has 0 unspecified atom stereocenters. The molecule has 0 aliphatic heterocycles. The highest BCUT2D eigenvalue weighted by Crippen LogP contribution is 2.30. The van der Waals surface area contributed by atoms with Crippen molar-refractivity contribution in [3.8, 4) is 0 Å². The van der Waals surface area contributed by atoms with Crippen LogP contribution in [-0.2, 0) is 0 Å². The lowest BCUT2D eigenvalue weighted by Crippen LogP contribution is -1.94. The van der Waals surface area contributed by atoms with Crippen LogP contribution in [0.5, 0.6) is 0 Å². The molecule has 0 heterocycles. The maximum Gasteiger partial charge on any atom is 0.269 e. The first kappa shape index (κ1) is 14.6. The van der Waals surface area contributed by atoms with E-state index in [1.165, 1.54) is 23.9 Å². The van der Waals surface area contributed by atoms with Gasteiger partial charge >= 0.3 is 0 Å². The SMILES string of the molecule is CC[C@H](O)c1ccc(Sc2ccc([N+](=O)[O-])cc2)cc1. The molecule has 0 saturated carbocycles. The molecule has 2 rings (SSSR count). The van der Waals surface area contributed by atoms with Gasteiger partial charge in [-0.05, 0) is 36.2 Å². The maximum atomic E-state index is 10.6. The summed E-state index contributed by atoms with van der Waals surface area (Å²) in [6.45, 7) is 1.93. The van der Waals surface area contributed by atoms with Crippen LogP contribution in [0.4, 0.5) is 5.69 Å². The topological polar surface area (TPSA) is 63.4 Å². The first-order chi connectivity index (χ1) is 9.60. The van der Waals surface area contributed by atoms with Crippen molar-refractivity contribution < 1.29 is 10.0 Å². The molecule has 20 heavy (non-hydrogen) atoms. The van der Waals surface area contributed by atoms with Gasteiger partial charge in [0, 0.05) is 21.9 Å². The van der Waals surface area contributed by atoms with Gasteiger partial charge in [-0.2, -0.15) is 0 Å². The number of nitro groups is 1. The van der Waals surface area contributed by atoms with E-state index in [1.807, 2.05) is 31.2 Å². The lowest BCUT2D eigenvalue weighted by Gasteiger charge is -2.08. The van der Waals surface area contributed by atoms with E-state index in [0.29, 0.717) is 6.42 Å². The molecular weight excluding hydrogens is 274 g/mol. The van der Waals surface area contributed by atoms with Gasteiger partial charge in [0.15, 0.2) is 0 Å². The quantitative estimate of drug-likeness (QED) is 0.662. The van der Waals surface area contributed by atoms with Gasteiger partial charge in [0.05, 0.1) is 11.0 Å². The molecule has 1 N–H and O–H groups in total. The Bertz CT molecular complexity index is 581.